The van der Waals surface area contributed by atoms with Crippen molar-refractivity contribution in [3.8, 4) is 5.75 Å². The Morgan fingerprint density at radius 3 is 2.50 bits per heavy atom. The molecule has 1 heterocycles. The molecular weight excluding hydrogens is 554 g/mol. The summed E-state index contributed by atoms with van der Waals surface area (Å²) in [7, 11) is 0.0459. The number of fused-ring (bicyclic) bond motifs is 1. The highest BCUT2D eigenvalue weighted by Gasteiger charge is 2.30. The number of hydrogen-bond acceptors (Lipinski definition) is 7. The summed E-state index contributed by atoms with van der Waals surface area (Å²) in [5.41, 5.74) is 0.440. The van der Waals surface area contributed by atoms with E-state index >= 15 is 0 Å². The summed E-state index contributed by atoms with van der Waals surface area (Å²) in [5.74, 6) is -0.0186. The number of rotatable bonds is 7. The van der Waals surface area contributed by atoms with Crippen LogP contribution >= 0.6 is 11.6 Å². The number of benzene rings is 2. The number of hydrogen-bond donors (Lipinski definition) is 2. The molecule has 4 atom stereocenters. The molecule has 1 amide bonds. The number of likely N-dealkylation sites (N-methyl/N-ethyl adjacent to an activating group) is 1. The number of ether oxygens (including phenoxy) is 2. The van der Waals surface area contributed by atoms with Crippen molar-refractivity contribution < 1.29 is 27.8 Å². The first-order valence-corrected chi connectivity index (χ1v) is 15.5. The first-order valence-electron chi connectivity index (χ1n) is 13.7. The van der Waals surface area contributed by atoms with E-state index in [1.54, 1.807) is 24.0 Å². The molecule has 0 saturated carbocycles. The normalized spacial score (nSPS) is 22.2. The Labute approximate surface area is 243 Å². The Kier molecular flexibility index (Phi) is 11.7. The van der Waals surface area contributed by atoms with Gasteiger partial charge in [0.25, 0.3) is 15.9 Å². The lowest BCUT2D eigenvalue weighted by molar-refractivity contribution is -0.0137. The number of amides is 1. The van der Waals surface area contributed by atoms with Crippen LogP contribution < -0.4 is 9.46 Å². The summed E-state index contributed by atoms with van der Waals surface area (Å²) in [6.07, 6.45) is 2.28. The number of halogens is 1. The fourth-order valence-corrected chi connectivity index (χ4v) is 5.81. The van der Waals surface area contributed by atoms with E-state index in [-0.39, 0.29) is 46.8 Å². The second-order valence-electron chi connectivity index (χ2n) is 10.8. The third-order valence-corrected chi connectivity index (χ3v) is 8.62. The lowest BCUT2D eigenvalue weighted by Gasteiger charge is -2.35. The molecule has 0 aliphatic carbocycles. The number of anilines is 1. The fourth-order valence-electron chi connectivity index (χ4n) is 4.64. The van der Waals surface area contributed by atoms with Crippen LogP contribution in [0.2, 0.25) is 5.02 Å². The maximum Gasteiger partial charge on any atom is 0.261 e. The SMILES string of the molecule is C[C@@H]1CCCCO[C@H](CN(C)C)[C@@H](C)CN([C@@H](C)CO)C(=O)c2cc(NS(=O)(=O)c3ccc(Cl)cc3)ccc2O1. The number of aliphatic hydroxyl groups excluding tert-OH is 1. The molecule has 40 heavy (non-hydrogen) atoms. The van der Waals surface area contributed by atoms with Crippen LogP contribution in [0, 0.1) is 5.92 Å². The molecule has 1 aliphatic rings. The lowest BCUT2D eigenvalue weighted by atomic mass is 10.0. The van der Waals surface area contributed by atoms with Gasteiger partial charge in [-0.3, -0.25) is 9.52 Å². The Hall–Kier alpha value is -2.37. The van der Waals surface area contributed by atoms with Gasteiger partial charge >= 0.3 is 0 Å². The zero-order chi connectivity index (χ0) is 29.4. The average Bonchev–Trinajstić information content (AvgIpc) is 2.90. The molecule has 0 unspecified atom stereocenters. The zero-order valence-electron chi connectivity index (χ0n) is 24.0. The summed E-state index contributed by atoms with van der Waals surface area (Å²) >= 11 is 5.92. The van der Waals surface area contributed by atoms with Crippen LogP contribution in [0.3, 0.4) is 0 Å². The smallest absolute Gasteiger partial charge is 0.261 e. The van der Waals surface area contributed by atoms with E-state index < -0.39 is 16.1 Å². The third-order valence-electron chi connectivity index (χ3n) is 6.97. The summed E-state index contributed by atoms with van der Waals surface area (Å²) in [6.45, 7) is 7.20. The van der Waals surface area contributed by atoms with Gasteiger partial charge in [-0.15, -0.1) is 0 Å². The van der Waals surface area contributed by atoms with Crippen molar-refractivity contribution in [2.45, 2.75) is 63.2 Å². The molecule has 9 nitrogen and oxygen atoms in total. The van der Waals surface area contributed by atoms with E-state index in [2.05, 4.69) is 9.62 Å². The molecule has 3 rings (SSSR count). The highest BCUT2D eigenvalue weighted by Crippen LogP contribution is 2.29. The van der Waals surface area contributed by atoms with Gasteiger partial charge in [-0.25, -0.2) is 8.42 Å². The number of carbonyl (C=O) groups is 1. The molecule has 0 radical (unpaired) electrons. The van der Waals surface area contributed by atoms with Crippen LogP contribution in [0.25, 0.3) is 0 Å². The van der Waals surface area contributed by atoms with E-state index in [1.165, 1.54) is 30.3 Å². The second-order valence-corrected chi connectivity index (χ2v) is 13.0. The van der Waals surface area contributed by atoms with E-state index in [0.717, 1.165) is 19.3 Å². The van der Waals surface area contributed by atoms with Crippen LogP contribution in [-0.4, -0.2) is 87.9 Å². The average molecular weight is 596 g/mol. The number of carbonyl (C=O) groups excluding carboxylic acids is 1. The number of nitrogens with zero attached hydrogens (tertiary/aromatic N) is 2. The van der Waals surface area contributed by atoms with Gasteiger partial charge in [0.2, 0.25) is 0 Å². The summed E-state index contributed by atoms with van der Waals surface area (Å²) in [6, 6.07) is 10.1. The Bertz CT molecular complexity index is 1220. The van der Waals surface area contributed by atoms with Crippen LogP contribution in [0.4, 0.5) is 5.69 Å². The predicted octanol–water partition coefficient (Wildman–Crippen LogP) is 4.50. The Morgan fingerprint density at radius 1 is 1.15 bits per heavy atom. The Morgan fingerprint density at radius 2 is 1.85 bits per heavy atom. The molecule has 2 N–H and O–H groups in total. The molecular formula is C29H42ClN3O6S. The molecule has 0 saturated heterocycles. The van der Waals surface area contributed by atoms with Crippen LogP contribution in [-0.2, 0) is 14.8 Å². The molecule has 0 bridgehead atoms. The van der Waals surface area contributed by atoms with Crippen molar-refractivity contribution >= 4 is 33.2 Å². The van der Waals surface area contributed by atoms with Crippen molar-refractivity contribution in [1.82, 2.24) is 9.80 Å². The summed E-state index contributed by atoms with van der Waals surface area (Å²) in [5, 5.41) is 10.5. The molecule has 0 spiro atoms. The fraction of sp³-hybridized carbons (Fsp3) is 0.552. The van der Waals surface area contributed by atoms with Crippen molar-refractivity contribution in [3.05, 3.63) is 53.1 Å². The maximum atomic E-state index is 14.1. The van der Waals surface area contributed by atoms with Crippen LogP contribution in [0.15, 0.2) is 47.4 Å². The maximum absolute atomic E-state index is 14.1. The van der Waals surface area contributed by atoms with Gasteiger partial charge in [-0.2, -0.15) is 0 Å². The van der Waals surface area contributed by atoms with E-state index in [9.17, 15) is 18.3 Å². The monoisotopic (exact) mass is 595 g/mol. The van der Waals surface area contributed by atoms with Gasteiger partial charge in [0.05, 0.1) is 35.3 Å². The quantitative estimate of drug-likeness (QED) is 0.485. The molecule has 222 valence electrons. The second kappa shape index (κ2) is 14.5. The zero-order valence-corrected chi connectivity index (χ0v) is 25.5. The van der Waals surface area contributed by atoms with Gasteiger partial charge in [-0.05, 0) is 89.7 Å². The highest BCUT2D eigenvalue weighted by molar-refractivity contribution is 7.92. The van der Waals surface area contributed by atoms with Crippen molar-refractivity contribution in [3.63, 3.8) is 0 Å². The summed E-state index contributed by atoms with van der Waals surface area (Å²) in [4.78, 5) is 17.8. The minimum Gasteiger partial charge on any atom is -0.490 e. The van der Waals surface area contributed by atoms with Crippen LogP contribution in [0.5, 0.6) is 5.75 Å². The minimum absolute atomic E-state index is 0.0295. The number of nitrogens with one attached hydrogen (secondary N) is 1. The van der Waals surface area contributed by atoms with Gasteiger partial charge in [0.1, 0.15) is 5.75 Å². The van der Waals surface area contributed by atoms with E-state index in [4.69, 9.17) is 21.1 Å². The minimum atomic E-state index is -3.93. The first-order chi connectivity index (χ1) is 18.9. The van der Waals surface area contributed by atoms with E-state index in [0.29, 0.717) is 30.5 Å². The van der Waals surface area contributed by atoms with Crippen molar-refractivity contribution in [1.29, 1.82) is 0 Å². The molecule has 0 aromatic heterocycles. The molecule has 2 aromatic carbocycles. The largest absolute Gasteiger partial charge is 0.490 e. The third kappa shape index (κ3) is 8.81. The molecule has 11 heteroatoms. The molecule has 0 fully saturated rings. The standard InChI is InChI=1S/C29H42ClN3O6S/c1-20-17-33(21(2)19-34)29(35)26-16-24(31-40(36,37)25-12-9-23(30)10-13-25)11-14-27(26)39-22(3)8-6-7-15-38-28(20)18-32(4)5/h9-14,16,20-22,28,31,34H,6-8,15,17-19H2,1-5H3/t20-,21-,22+,28+/m0/s1. The predicted molar refractivity (Wildman–Crippen MR) is 158 cm³/mol. The molecule has 1 aliphatic heterocycles. The van der Waals surface area contributed by atoms with Crippen molar-refractivity contribution in [2.24, 2.45) is 5.92 Å². The number of sulfonamides is 1. The van der Waals surface area contributed by atoms with E-state index in [1.807, 2.05) is 27.9 Å². The highest BCUT2D eigenvalue weighted by atomic mass is 35.5. The van der Waals surface area contributed by atoms with Gasteiger partial charge in [0, 0.05) is 36.3 Å². The molecule has 2 aromatic rings. The van der Waals surface area contributed by atoms with Crippen LogP contribution in [0.1, 0.15) is 50.4 Å². The van der Waals surface area contributed by atoms with Gasteiger partial charge < -0.3 is 24.4 Å². The lowest BCUT2D eigenvalue weighted by Crippen LogP contribution is -2.47. The van der Waals surface area contributed by atoms with Gasteiger partial charge in [-0.1, -0.05) is 18.5 Å². The Balaban J connectivity index is 2.02. The summed E-state index contributed by atoms with van der Waals surface area (Å²) < 4.78 is 41.1. The van der Waals surface area contributed by atoms with Gasteiger partial charge in [0.15, 0.2) is 0 Å². The first kappa shape index (κ1) is 32.1. The van der Waals surface area contributed by atoms with Crippen molar-refractivity contribution in [2.75, 3.05) is 45.1 Å². The topological polar surface area (TPSA) is 108 Å². The number of aliphatic hydroxyl groups is 1.